The number of rotatable bonds is 3. The van der Waals surface area contributed by atoms with Gasteiger partial charge in [0.2, 0.25) is 0 Å². The van der Waals surface area contributed by atoms with Gasteiger partial charge in [0.05, 0.1) is 11.3 Å². The van der Waals surface area contributed by atoms with Crippen molar-refractivity contribution in [3.63, 3.8) is 0 Å². The molecule has 2 aromatic rings. The van der Waals surface area contributed by atoms with Crippen molar-refractivity contribution in [1.29, 1.82) is 0 Å². The predicted octanol–water partition coefficient (Wildman–Crippen LogP) is 3.03. The maximum atomic E-state index is 11.2. The van der Waals surface area contributed by atoms with Crippen LogP contribution in [0.5, 0.6) is 0 Å². The first-order valence-electron chi connectivity index (χ1n) is 5.22. The minimum atomic E-state index is -0.945. The Bertz CT molecular complexity index is 535. The van der Waals surface area contributed by atoms with Gasteiger partial charge >= 0.3 is 5.97 Å². The lowest BCUT2D eigenvalue weighted by atomic mass is 10.0. The average Bonchev–Trinajstić information content (AvgIpc) is 2.81. The lowest BCUT2D eigenvalue weighted by molar-refractivity contribution is 0.0694. The van der Waals surface area contributed by atoms with Crippen LogP contribution in [0.1, 0.15) is 35.8 Å². The van der Waals surface area contributed by atoms with Crippen LogP contribution >= 0.6 is 11.3 Å². The molecule has 0 amide bonds. The van der Waals surface area contributed by atoms with E-state index in [0.29, 0.717) is 5.69 Å². The van der Waals surface area contributed by atoms with E-state index in [2.05, 4.69) is 9.97 Å². The normalized spacial score (nSPS) is 10.8. The fourth-order valence-corrected chi connectivity index (χ4v) is 2.21. The van der Waals surface area contributed by atoms with Crippen LogP contribution in [0.3, 0.4) is 0 Å². The standard InChI is InChI=1S/C12H12N2O2S/c1-7(2)10-9(12(15)16)5-8(6-14-10)11-13-3-4-17-11/h3-7H,1-2H3,(H,15,16). The van der Waals surface area contributed by atoms with Crippen molar-refractivity contribution in [2.24, 2.45) is 0 Å². The second-order valence-electron chi connectivity index (χ2n) is 3.95. The molecular formula is C12H12N2O2S. The van der Waals surface area contributed by atoms with Crippen LogP contribution in [0.25, 0.3) is 10.6 Å². The Hall–Kier alpha value is -1.75. The van der Waals surface area contributed by atoms with Crippen molar-refractivity contribution < 1.29 is 9.90 Å². The molecule has 17 heavy (non-hydrogen) atoms. The van der Waals surface area contributed by atoms with Crippen molar-refractivity contribution in [3.05, 3.63) is 35.1 Å². The third kappa shape index (κ3) is 2.34. The van der Waals surface area contributed by atoms with Gasteiger partial charge in [0, 0.05) is 23.3 Å². The molecule has 0 saturated heterocycles. The smallest absolute Gasteiger partial charge is 0.337 e. The third-order valence-corrected chi connectivity index (χ3v) is 3.20. The summed E-state index contributed by atoms with van der Waals surface area (Å²) >= 11 is 1.47. The number of thiazole rings is 1. The summed E-state index contributed by atoms with van der Waals surface area (Å²) in [5, 5.41) is 11.8. The summed E-state index contributed by atoms with van der Waals surface area (Å²) in [5.41, 5.74) is 1.62. The highest BCUT2D eigenvalue weighted by atomic mass is 32.1. The lowest BCUT2D eigenvalue weighted by Gasteiger charge is -2.09. The Morgan fingerprint density at radius 2 is 2.18 bits per heavy atom. The number of nitrogens with zero attached hydrogens (tertiary/aromatic N) is 2. The van der Waals surface area contributed by atoms with E-state index in [1.807, 2.05) is 19.2 Å². The number of carbonyl (C=O) groups is 1. The van der Waals surface area contributed by atoms with Gasteiger partial charge in [-0.2, -0.15) is 0 Å². The Kier molecular flexibility index (Phi) is 3.19. The zero-order valence-corrected chi connectivity index (χ0v) is 10.4. The summed E-state index contributed by atoms with van der Waals surface area (Å²) in [4.78, 5) is 19.6. The summed E-state index contributed by atoms with van der Waals surface area (Å²) in [6.45, 7) is 3.86. The molecule has 4 nitrogen and oxygen atoms in total. The number of hydrogen-bond donors (Lipinski definition) is 1. The van der Waals surface area contributed by atoms with Crippen LogP contribution in [0.15, 0.2) is 23.8 Å². The molecule has 0 aliphatic rings. The third-order valence-electron chi connectivity index (χ3n) is 2.38. The maximum Gasteiger partial charge on any atom is 0.337 e. The first kappa shape index (κ1) is 11.7. The lowest BCUT2D eigenvalue weighted by Crippen LogP contribution is -2.06. The zero-order chi connectivity index (χ0) is 12.4. The number of aromatic carboxylic acids is 1. The summed E-state index contributed by atoms with van der Waals surface area (Å²) in [5.74, 6) is -0.856. The summed E-state index contributed by atoms with van der Waals surface area (Å²) in [6.07, 6.45) is 3.37. The van der Waals surface area contributed by atoms with Gasteiger partial charge < -0.3 is 5.11 Å². The van der Waals surface area contributed by atoms with Gasteiger partial charge in [-0.05, 0) is 12.0 Å². The zero-order valence-electron chi connectivity index (χ0n) is 9.54. The molecule has 0 saturated carbocycles. The van der Waals surface area contributed by atoms with Crippen molar-refractivity contribution in [2.75, 3.05) is 0 Å². The number of carboxylic acids is 1. The first-order chi connectivity index (χ1) is 8.09. The maximum absolute atomic E-state index is 11.2. The minimum Gasteiger partial charge on any atom is -0.478 e. The van der Waals surface area contributed by atoms with E-state index in [1.165, 1.54) is 11.3 Å². The molecule has 0 spiro atoms. The molecule has 0 atom stereocenters. The van der Waals surface area contributed by atoms with E-state index < -0.39 is 5.97 Å². The highest BCUT2D eigenvalue weighted by molar-refractivity contribution is 7.13. The second kappa shape index (κ2) is 4.63. The predicted molar refractivity (Wildman–Crippen MR) is 66.4 cm³/mol. The topological polar surface area (TPSA) is 63.1 Å². The monoisotopic (exact) mass is 248 g/mol. The molecule has 0 unspecified atom stereocenters. The molecule has 2 rings (SSSR count). The quantitative estimate of drug-likeness (QED) is 0.906. The van der Waals surface area contributed by atoms with E-state index in [9.17, 15) is 9.90 Å². The van der Waals surface area contributed by atoms with E-state index in [4.69, 9.17) is 0 Å². The number of aromatic nitrogens is 2. The molecule has 0 fully saturated rings. The molecule has 0 aliphatic carbocycles. The van der Waals surface area contributed by atoms with Crippen LogP contribution in [-0.2, 0) is 0 Å². The highest BCUT2D eigenvalue weighted by Gasteiger charge is 2.16. The average molecular weight is 248 g/mol. The van der Waals surface area contributed by atoms with Crippen LogP contribution in [0.4, 0.5) is 0 Å². The summed E-state index contributed by atoms with van der Waals surface area (Å²) in [6, 6.07) is 1.64. The highest BCUT2D eigenvalue weighted by Crippen LogP contribution is 2.25. The fourth-order valence-electron chi connectivity index (χ4n) is 1.59. The molecule has 2 heterocycles. The molecule has 88 valence electrons. The minimum absolute atomic E-state index is 0.0893. The van der Waals surface area contributed by atoms with Gasteiger partial charge in [0.1, 0.15) is 5.01 Å². The first-order valence-corrected chi connectivity index (χ1v) is 6.10. The largest absolute Gasteiger partial charge is 0.478 e. The molecule has 0 radical (unpaired) electrons. The number of hydrogen-bond acceptors (Lipinski definition) is 4. The van der Waals surface area contributed by atoms with Crippen molar-refractivity contribution >= 4 is 17.3 Å². The van der Waals surface area contributed by atoms with Crippen molar-refractivity contribution in [3.8, 4) is 10.6 Å². The molecular weight excluding hydrogens is 236 g/mol. The van der Waals surface area contributed by atoms with E-state index >= 15 is 0 Å². The van der Waals surface area contributed by atoms with Gasteiger partial charge in [0.15, 0.2) is 0 Å². The Labute approximate surface area is 103 Å². The van der Waals surface area contributed by atoms with Gasteiger partial charge in [-0.15, -0.1) is 11.3 Å². The molecule has 0 aliphatic heterocycles. The van der Waals surface area contributed by atoms with Crippen LogP contribution < -0.4 is 0 Å². The van der Waals surface area contributed by atoms with Gasteiger partial charge in [-0.3, -0.25) is 4.98 Å². The number of pyridine rings is 1. The Morgan fingerprint density at radius 3 is 2.71 bits per heavy atom. The Morgan fingerprint density at radius 1 is 1.41 bits per heavy atom. The van der Waals surface area contributed by atoms with E-state index in [0.717, 1.165) is 10.6 Å². The fraction of sp³-hybridized carbons (Fsp3) is 0.250. The molecule has 1 N–H and O–H groups in total. The van der Waals surface area contributed by atoms with Gasteiger partial charge in [0.25, 0.3) is 0 Å². The van der Waals surface area contributed by atoms with E-state index in [1.54, 1.807) is 18.5 Å². The SMILES string of the molecule is CC(C)c1ncc(-c2nccs2)cc1C(=O)O. The summed E-state index contributed by atoms with van der Waals surface area (Å²) < 4.78 is 0. The molecule has 5 heteroatoms. The van der Waals surface area contributed by atoms with Crippen molar-refractivity contribution in [2.45, 2.75) is 19.8 Å². The van der Waals surface area contributed by atoms with Gasteiger partial charge in [-0.1, -0.05) is 13.8 Å². The number of carboxylic acid groups (broad SMARTS) is 1. The van der Waals surface area contributed by atoms with Crippen LogP contribution in [0, 0.1) is 0 Å². The molecule has 2 aromatic heterocycles. The molecule has 0 aromatic carbocycles. The second-order valence-corrected chi connectivity index (χ2v) is 4.85. The van der Waals surface area contributed by atoms with E-state index in [-0.39, 0.29) is 11.5 Å². The van der Waals surface area contributed by atoms with Crippen LogP contribution in [-0.4, -0.2) is 21.0 Å². The van der Waals surface area contributed by atoms with Crippen LogP contribution in [0.2, 0.25) is 0 Å². The summed E-state index contributed by atoms with van der Waals surface area (Å²) in [7, 11) is 0. The Balaban J connectivity index is 2.53. The van der Waals surface area contributed by atoms with Crippen molar-refractivity contribution in [1.82, 2.24) is 9.97 Å². The molecule has 0 bridgehead atoms. The van der Waals surface area contributed by atoms with Gasteiger partial charge in [-0.25, -0.2) is 9.78 Å².